The van der Waals surface area contributed by atoms with E-state index < -0.39 is 10.0 Å². The Kier molecular flexibility index (Phi) is 4.32. The first kappa shape index (κ1) is 14.6. The minimum absolute atomic E-state index is 0.211. The van der Waals surface area contributed by atoms with Gasteiger partial charge in [0.05, 0.1) is 0 Å². The molecule has 0 aromatic carbocycles. The molecule has 7 heteroatoms. The molecule has 0 amide bonds. The first-order valence-corrected chi connectivity index (χ1v) is 8.15. The van der Waals surface area contributed by atoms with Crippen LogP contribution in [-0.4, -0.2) is 50.3 Å². The number of halogens is 1. The van der Waals surface area contributed by atoms with Gasteiger partial charge in [-0.15, -0.1) is 11.6 Å². The van der Waals surface area contributed by atoms with Crippen molar-refractivity contribution in [3.05, 3.63) is 18.3 Å². The summed E-state index contributed by atoms with van der Waals surface area (Å²) in [6, 6.07) is 3.65. The van der Waals surface area contributed by atoms with Crippen LogP contribution in [0.25, 0.3) is 0 Å². The minimum atomic E-state index is -3.41. The monoisotopic (exact) mass is 303 g/mol. The summed E-state index contributed by atoms with van der Waals surface area (Å²) in [6.45, 7) is 0.921. The van der Waals surface area contributed by atoms with E-state index in [9.17, 15) is 8.42 Å². The van der Waals surface area contributed by atoms with Crippen LogP contribution in [0.5, 0.6) is 0 Å². The molecule has 2 heterocycles. The summed E-state index contributed by atoms with van der Waals surface area (Å²) < 4.78 is 25.1. The summed E-state index contributed by atoms with van der Waals surface area (Å²) in [5.41, 5.74) is 0. The fourth-order valence-electron chi connectivity index (χ4n) is 2.20. The Hall–Kier alpha value is -0.850. The Morgan fingerprint density at radius 1 is 1.47 bits per heavy atom. The molecule has 1 fully saturated rings. The molecule has 1 saturated heterocycles. The molecule has 1 unspecified atom stereocenters. The second-order valence-electron chi connectivity index (χ2n) is 4.78. The summed E-state index contributed by atoms with van der Waals surface area (Å²) in [6.07, 6.45) is 3.56. The first-order chi connectivity index (χ1) is 8.96. The van der Waals surface area contributed by atoms with Crippen molar-refractivity contribution in [2.45, 2.75) is 23.8 Å². The first-order valence-electron chi connectivity index (χ1n) is 6.18. The Bertz CT molecular complexity index is 530. The molecule has 19 heavy (non-hydrogen) atoms. The summed E-state index contributed by atoms with van der Waals surface area (Å²) in [7, 11) is -0.396. The Labute approximate surface area is 119 Å². The van der Waals surface area contributed by atoms with Crippen molar-refractivity contribution in [1.82, 2.24) is 9.29 Å². The molecule has 1 aromatic heterocycles. The normalized spacial score (nSPS) is 20.2. The van der Waals surface area contributed by atoms with Crippen molar-refractivity contribution in [1.29, 1.82) is 0 Å². The molecule has 0 aliphatic carbocycles. The van der Waals surface area contributed by atoms with Crippen molar-refractivity contribution in [3.8, 4) is 0 Å². The van der Waals surface area contributed by atoms with E-state index in [0.29, 0.717) is 11.9 Å². The third-order valence-electron chi connectivity index (χ3n) is 3.35. The molecule has 0 saturated carbocycles. The topological polar surface area (TPSA) is 53.5 Å². The number of hydrogen-bond acceptors (Lipinski definition) is 4. The third kappa shape index (κ3) is 2.85. The molecule has 0 bridgehead atoms. The third-order valence-corrected chi connectivity index (χ3v) is 5.50. The fourth-order valence-corrected chi connectivity index (χ4v) is 3.37. The van der Waals surface area contributed by atoms with Crippen LogP contribution >= 0.6 is 11.6 Å². The standard InChI is InChI=1S/C12H18ClN3O2S/c1-15(2)19(17,18)11-5-6-12(14-9-11)16-7-3-4-10(16)8-13/h5-6,9-10H,3-4,7-8H2,1-2H3. The van der Waals surface area contributed by atoms with E-state index in [1.165, 1.54) is 24.6 Å². The van der Waals surface area contributed by atoms with Gasteiger partial charge in [-0.1, -0.05) is 0 Å². The SMILES string of the molecule is CN(C)S(=O)(=O)c1ccc(N2CCCC2CCl)nc1. The number of hydrogen-bond donors (Lipinski definition) is 0. The second kappa shape index (κ2) is 5.64. The highest BCUT2D eigenvalue weighted by Crippen LogP contribution is 2.25. The van der Waals surface area contributed by atoms with Crippen LogP contribution in [0.4, 0.5) is 5.82 Å². The van der Waals surface area contributed by atoms with E-state index in [4.69, 9.17) is 11.6 Å². The molecular formula is C12H18ClN3O2S. The van der Waals surface area contributed by atoms with Crippen molar-refractivity contribution in [2.24, 2.45) is 0 Å². The van der Waals surface area contributed by atoms with Gasteiger partial charge in [-0.2, -0.15) is 0 Å². The van der Waals surface area contributed by atoms with E-state index in [1.54, 1.807) is 12.1 Å². The van der Waals surface area contributed by atoms with Crippen LogP contribution in [0.3, 0.4) is 0 Å². The second-order valence-corrected chi connectivity index (χ2v) is 7.24. The van der Waals surface area contributed by atoms with E-state index in [1.807, 2.05) is 0 Å². The zero-order chi connectivity index (χ0) is 14.0. The average molecular weight is 304 g/mol. The summed E-state index contributed by atoms with van der Waals surface area (Å²) >= 11 is 5.93. The summed E-state index contributed by atoms with van der Waals surface area (Å²) in [4.78, 5) is 6.62. The molecule has 1 atom stereocenters. The Morgan fingerprint density at radius 2 is 2.21 bits per heavy atom. The summed E-state index contributed by atoms with van der Waals surface area (Å²) in [5, 5.41) is 0. The molecule has 0 N–H and O–H groups in total. The number of rotatable bonds is 4. The number of alkyl halides is 1. The van der Waals surface area contributed by atoms with Crippen LogP contribution in [0, 0.1) is 0 Å². The smallest absolute Gasteiger partial charge is 0.244 e. The lowest BCUT2D eigenvalue weighted by Gasteiger charge is -2.24. The van der Waals surface area contributed by atoms with Gasteiger partial charge in [0.15, 0.2) is 0 Å². The lowest BCUT2D eigenvalue weighted by molar-refractivity contribution is 0.520. The highest BCUT2D eigenvalue weighted by atomic mass is 35.5. The van der Waals surface area contributed by atoms with Gasteiger partial charge >= 0.3 is 0 Å². The lowest BCUT2D eigenvalue weighted by Crippen LogP contribution is -2.31. The molecule has 5 nitrogen and oxygen atoms in total. The predicted octanol–water partition coefficient (Wildman–Crippen LogP) is 1.54. The van der Waals surface area contributed by atoms with Crippen molar-refractivity contribution in [2.75, 3.05) is 31.4 Å². The van der Waals surface area contributed by atoms with E-state index in [0.717, 1.165) is 25.2 Å². The van der Waals surface area contributed by atoms with Gasteiger partial charge in [-0.3, -0.25) is 0 Å². The van der Waals surface area contributed by atoms with Gasteiger partial charge < -0.3 is 4.90 Å². The zero-order valence-corrected chi connectivity index (χ0v) is 12.7. The predicted molar refractivity (Wildman–Crippen MR) is 76.2 cm³/mol. The van der Waals surface area contributed by atoms with Gasteiger partial charge in [-0.25, -0.2) is 17.7 Å². The fraction of sp³-hybridized carbons (Fsp3) is 0.583. The molecule has 1 aromatic rings. The average Bonchev–Trinajstić information content (AvgIpc) is 2.87. The van der Waals surface area contributed by atoms with Crippen molar-refractivity contribution in [3.63, 3.8) is 0 Å². The minimum Gasteiger partial charge on any atom is -0.352 e. The van der Waals surface area contributed by atoms with Gasteiger partial charge in [0.25, 0.3) is 0 Å². The van der Waals surface area contributed by atoms with E-state index in [2.05, 4.69) is 9.88 Å². The maximum atomic E-state index is 11.9. The van der Waals surface area contributed by atoms with Gasteiger partial charge in [0, 0.05) is 38.8 Å². The number of anilines is 1. The van der Waals surface area contributed by atoms with Crippen molar-refractivity contribution < 1.29 is 8.42 Å². The molecule has 0 radical (unpaired) electrons. The maximum absolute atomic E-state index is 11.9. The van der Waals surface area contributed by atoms with Gasteiger partial charge in [-0.05, 0) is 25.0 Å². The number of pyridine rings is 1. The van der Waals surface area contributed by atoms with Crippen LogP contribution in [-0.2, 0) is 10.0 Å². The number of sulfonamides is 1. The maximum Gasteiger partial charge on any atom is 0.244 e. The molecule has 106 valence electrons. The zero-order valence-electron chi connectivity index (χ0n) is 11.1. The summed E-state index contributed by atoms with van der Waals surface area (Å²) in [5.74, 6) is 1.36. The van der Waals surface area contributed by atoms with Crippen LogP contribution in [0.2, 0.25) is 0 Å². The molecule has 0 spiro atoms. The van der Waals surface area contributed by atoms with Crippen molar-refractivity contribution >= 4 is 27.4 Å². The Morgan fingerprint density at radius 3 is 2.74 bits per heavy atom. The van der Waals surface area contributed by atoms with Crippen LogP contribution < -0.4 is 4.90 Å². The molecule has 1 aliphatic rings. The highest BCUT2D eigenvalue weighted by Gasteiger charge is 2.25. The molecule has 1 aliphatic heterocycles. The molecular weight excluding hydrogens is 286 g/mol. The number of aromatic nitrogens is 1. The Balaban J connectivity index is 2.24. The van der Waals surface area contributed by atoms with E-state index in [-0.39, 0.29) is 4.90 Å². The van der Waals surface area contributed by atoms with E-state index >= 15 is 0 Å². The quantitative estimate of drug-likeness (QED) is 0.792. The van der Waals surface area contributed by atoms with Crippen LogP contribution in [0.1, 0.15) is 12.8 Å². The largest absolute Gasteiger partial charge is 0.352 e. The number of nitrogens with zero attached hydrogens (tertiary/aromatic N) is 3. The van der Waals surface area contributed by atoms with Gasteiger partial charge in [0.2, 0.25) is 10.0 Å². The lowest BCUT2D eigenvalue weighted by atomic mass is 10.2. The van der Waals surface area contributed by atoms with Crippen LogP contribution in [0.15, 0.2) is 23.2 Å². The highest BCUT2D eigenvalue weighted by molar-refractivity contribution is 7.89. The molecule has 2 rings (SSSR count). The van der Waals surface area contributed by atoms with Gasteiger partial charge in [0.1, 0.15) is 10.7 Å².